The Morgan fingerprint density at radius 1 is 1.53 bits per heavy atom. The lowest BCUT2D eigenvalue weighted by Crippen LogP contribution is -2.01. The van der Waals surface area contributed by atoms with Gasteiger partial charge in [0.2, 0.25) is 0 Å². The van der Waals surface area contributed by atoms with Crippen molar-refractivity contribution in [2.45, 2.75) is 46.6 Å². The summed E-state index contributed by atoms with van der Waals surface area (Å²) in [5.74, 6) is 0.593. The third-order valence-electron chi connectivity index (χ3n) is 1.94. The van der Waals surface area contributed by atoms with E-state index in [1.807, 2.05) is 13.8 Å². The van der Waals surface area contributed by atoms with Crippen molar-refractivity contribution in [3.8, 4) is 0 Å². The maximum absolute atomic E-state index is 11.8. The van der Waals surface area contributed by atoms with Crippen LogP contribution in [0.25, 0.3) is 0 Å². The highest BCUT2D eigenvalue weighted by Crippen LogP contribution is 2.05. The van der Waals surface area contributed by atoms with Crippen LogP contribution in [0.4, 0.5) is 3.89 Å². The number of Topliss-reactive ketones (excluding diaryl/α,β-unsaturated/α-hetero) is 1. The largest absolute Gasteiger partial charge is 0.300 e. The zero-order chi connectivity index (χ0) is 13.1. The monoisotopic (exact) mass is 261 g/mol. The maximum atomic E-state index is 11.8. The van der Waals surface area contributed by atoms with Crippen LogP contribution in [0.15, 0.2) is 6.20 Å². The quantitative estimate of drug-likeness (QED) is 0.757. The molecule has 0 aliphatic heterocycles. The van der Waals surface area contributed by atoms with E-state index < -0.39 is 0 Å². The first-order chi connectivity index (χ1) is 8.22. The van der Waals surface area contributed by atoms with Crippen LogP contribution in [0.1, 0.15) is 39.3 Å². The number of aryl methyl sites for hydroxylation is 2. The number of carbonyl (C=O) groups excluding carboxylic acids is 1. The highest BCUT2D eigenvalue weighted by atomic mass is 32.2. The van der Waals surface area contributed by atoms with Crippen molar-refractivity contribution in [2.75, 3.05) is 5.75 Å². The van der Waals surface area contributed by atoms with E-state index in [0.29, 0.717) is 37.3 Å². The smallest absolute Gasteiger partial charge is 0.129 e. The van der Waals surface area contributed by atoms with Gasteiger partial charge in [0.15, 0.2) is 0 Å². The summed E-state index contributed by atoms with van der Waals surface area (Å²) in [5.41, 5.74) is 0.794. The molecule has 0 aliphatic carbocycles. The molecular weight excluding hydrogens is 241 g/mol. The Labute approximate surface area is 106 Å². The van der Waals surface area contributed by atoms with Crippen molar-refractivity contribution in [2.24, 2.45) is 0 Å². The molecule has 0 unspecified atom stereocenters. The first-order valence-corrected chi connectivity index (χ1v) is 6.73. The summed E-state index contributed by atoms with van der Waals surface area (Å²) in [6.45, 7) is 6.26. The summed E-state index contributed by atoms with van der Waals surface area (Å²) < 4.78 is 13.5. The van der Waals surface area contributed by atoms with Crippen molar-refractivity contribution < 1.29 is 8.68 Å². The van der Waals surface area contributed by atoms with E-state index in [9.17, 15) is 8.68 Å². The molecule has 0 bridgehead atoms. The number of carbonyl (C=O) groups is 1. The minimum Gasteiger partial charge on any atom is -0.300 e. The van der Waals surface area contributed by atoms with Gasteiger partial charge in [0, 0.05) is 43.5 Å². The summed E-state index contributed by atoms with van der Waals surface area (Å²) >= 11 is 0.306. The van der Waals surface area contributed by atoms with Crippen molar-refractivity contribution in [3.05, 3.63) is 11.9 Å². The van der Waals surface area contributed by atoms with Gasteiger partial charge in [0.25, 0.3) is 0 Å². The second-order valence-corrected chi connectivity index (χ2v) is 3.97. The molecule has 17 heavy (non-hydrogen) atoms. The number of aromatic nitrogens is 3. The van der Waals surface area contributed by atoms with Gasteiger partial charge in [-0.3, -0.25) is 4.68 Å². The number of halogens is 1. The number of hydrogen-bond acceptors (Lipinski definition) is 4. The van der Waals surface area contributed by atoms with Crippen LogP contribution in [0.5, 0.6) is 0 Å². The predicted octanol–water partition coefficient (Wildman–Crippen LogP) is 2.83. The zero-order valence-electron chi connectivity index (χ0n) is 10.6. The molecule has 1 rings (SSSR count). The zero-order valence-corrected chi connectivity index (χ0v) is 11.5. The second-order valence-electron chi connectivity index (χ2n) is 3.34. The second kappa shape index (κ2) is 10.3. The van der Waals surface area contributed by atoms with Crippen LogP contribution in [-0.2, 0) is 17.8 Å². The van der Waals surface area contributed by atoms with Gasteiger partial charge < -0.3 is 4.79 Å². The molecule has 0 fully saturated rings. The Morgan fingerprint density at radius 2 is 2.24 bits per heavy atom. The van der Waals surface area contributed by atoms with Crippen molar-refractivity contribution >= 4 is 17.9 Å². The average molecular weight is 261 g/mol. The number of ketones is 1. The summed E-state index contributed by atoms with van der Waals surface area (Å²) in [7, 11) is 0. The summed E-state index contributed by atoms with van der Waals surface area (Å²) in [6.07, 6.45) is 3.73. The molecule has 4 nitrogen and oxygen atoms in total. The minimum atomic E-state index is 0.184. The number of hydrogen-bond donors (Lipinski definition) is 0. The standard InChI is InChI=1S/C9H14FN3OS.C2H6/c1-8(14)3-2-5-13-7-9(11-12-13)4-6-15-10;1-2/h7H,2-6H2,1H3;1-2H3. The fourth-order valence-corrected chi connectivity index (χ4v) is 1.48. The lowest BCUT2D eigenvalue weighted by molar-refractivity contribution is -0.117. The van der Waals surface area contributed by atoms with E-state index in [1.54, 1.807) is 17.8 Å². The summed E-state index contributed by atoms with van der Waals surface area (Å²) in [5, 5.41) is 7.79. The van der Waals surface area contributed by atoms with Crippen LogP contribution in [-0.4, -0.2) is 26.5 Å². The van der Waals surface area contributed by atoms with Crippen LogP contribution >= 0.6 is 12.1 Å². The first-order valence-electron chi connectivity index (χ1n) is 5.84. The molecule has 98 valence electrons. The summed E-state index contributed by atoms with van der Waals surface area (Å²) in [6, 6.07) is 0. The van der Waals surface area contributed by atoms with E-state index in [1.165, 1.54) is 0 Å². The molecular formula is C11H20FN3OS. The molecule has 0 aromatic carbocycles. The Hall–Kier alpha value is -0.910. The van der Waals surface area contributed by atoms with Crippen molar-refractivity contribution in [1.29, 1.82) is 0 Å². The molecule has 6 heteroatoms. The van der Waals surface area contributed by atoms with Gasteiger partial charge in [-0.15, -0.1) is 5.10 Å². The van der Waals surface area contributed by atoms with Gasteiger partial charge in [-0.05, 0) is 13.3 Å². The fraction of sp³-hybridized carbons (Fsp3) is 0.727. The SMILES string of the molecule is CC.CC(=O)CCCn1cc(CCSF)nn1. The highest BCUT2D eigenvalue weighted by molar-refractivity contribution is 7.94. The molecule has 0 saturated heterocycles. The van der Waals surface area contributed by atoms with Gasteiger partial charge in [0.1, 0.15) is 5.78 Å². The van der Waals surface area contributed by atoms with E-state index in [4.69, 9.17) is 0 Å². The normalized spacial score (nSPS) is 9.65. The molecule has 0 atom stereocenters. The third-order valence-corrected chi connectivity index (χ3v) is 2.30. The van der Waals surface area contributed by atoms with Crippen molar-refractivity contribution in [3.63, 3.8) is 0 Å². The molecule has 0 spiro atoms. The molecule has 0 N–H and O–H groups in total. The Kier molecular flexibility index (Phi) is 9.71. The van der Waals surface area contributed by atoms with Crippen LogP contribution in [0.2, 0.25) is 0 Å². The minimum absolute atomic E-state index is 0.184. The fourth-order valence-electron chi connectivity index (χ4n) is 1.20. The molecule has 1 heterocycles. The Morgan fingerprint density at radius 3 is 2.82 bits per heavy atom. The van der Waals surface area contributed by atoms with Gasteiger partial charge >= 0.3 is 0 Å². The van der Waals surface area contributed by atoms with Gasteiger partial charge in [-0.2, -0.15) is 3.89 Å². The average Bonchev–Trinajstić information content (AvgIpc) is 2.76. The number of rotatable bonds is 7. The molecule has 0 amide bonds. The Bertz CT molecular complexity index is 317. The molecule has 0 aliphatic rings. The molecule has 0 radical (unpaired) electrons. The van der Waals surface area contributed by atoms with Crippen molar-refractivity contribution in [1.82, 2.24) is 15.0 Å². The lowest BCUT2D eigenvalue weighted by atomic mass is 10.2. The summed E-state index contributed by atoms with van der Waals surface area (Å²) in [4.78, 5) is 10.7. The topological polar surface area (TPSA) is 47.8 Å². The van der Waals surface area contributed by atoms with E-state index in [2.05, 4.69) is 10.3 Å². The van der Waals surface area contributed by atoms with E-state index >= 15 is 0 Å². The first kappa shape index (κ1) is 16.1. The van der Waals surface area contributed by atoms with Crippen LogP contribution in [0.3, 0.4) is 0 Å². The van der Waals surface area contributed by atoms with Gasteiger partial charge in [-0.1, -0.05) is 19.1 Å². The van der Waals surface area contributed by atoms with Gasteiger partial charge in [0.05, 0.1) is 5.69 Å². The molecule has 0 saturated carbocycles. The third kappa shape index (κ3) is 7.90. The lowest BCUT2D eigenvalue weighted by Gasteiger charge is -1.97. The number of nitrogens with zero attached hydrogens (tertiary/aromatic N) is 3. The molecule has 1 aromatic heterocycles. The van der Waals surface area contributed by atoms with E-state index in [0.717, 1.165) is 12.1 Å². The predicted molar refractivity (Wildman–Crippen MR) is 68.6 cm³/mol. The maximum Gasteiger partial charge on any atom is 0.129 e. The van der Waals surface area contributed by atoms with Gasteiger partial charge in [-0.25, -0.2) is 0 Å². The van der Waals surface area contributed by atoms with Crippen LogP contribution < -0.4 is 0 Å². The van der Waals surface area contributed by atoms with E-state index in [-0.39, 0.29) is 5.78 Å². The molecule has 1 aromatic rings. The highest BCUT2D eigenvalue weighted by Gasteiger charge is 2.01. The van der Waals surface area contributed by atoms with Crippen LogP contribution in [0, 0.1) is 0 Å². The Balaban J connectivity index is 0.00000121.